The molecule has 170 valence electrons. The minimum absolute atomic E-state index is 0.00501. The van der Waals surface area contributed by atoms with E-state index in [1.54, 1.807) is 19.1 Å². The van der Waals surface area contributed by atoms with E-state index in [-0.39, 0.29) is 35.9 Å². The van der Waals surface area contributed by atoms with Gasteiger partial charge in [0.05, 0.1) is 6.10 Å². The summed E-state index contributed by atoms with van der Waals surface area (Å²) in [6.45, 7) is 6.99. The van der Waals surface area contributed by atoms with Crippen LogP contribution in [0.1, 0.15) is 59.8 Å². The molecule has 31 heavy (non-hydrogen) atoms. The Morgan fingerprint density at radius 2 is 2.00 bits per heavy atom. The lowest BCUT2D eigenvalue weighted by atomic mass is 9.46. The van der Waals surface area contributed by atoms with Crippen molar-refractivity contribution < 1.29 is 29.3 Å². The van der Waals surface area contributed by atoms with Crippen molar-refractivity contribution >= 4 is 17.5 Å². The molecule has 0 aromatic rings. The lowest BCUT2D eigenvalue weighted by Gasteiger charge is -2.60. The smallest absolute Gasteiger partial charge is 0.306 e. The number of fused-ring (bicyclic) bond motifs is 5. The normalized spacial score (nSPS) is 45.9. The average Bonchev–Trinajstić information content (AvgIpc) is 2.94. The maximum atomic E-state index is 13.2. The molecule has 0 spiro atoms. The van der Waals surface area contributed by atoms with Crippen molar-refractivity contribution in [1.29, 1.82) is 0 Å². The summed E-state index contributed by atoms with van der Waals surface area (Å²) >= 11 is 0. The maximum Gasteiger partial charge on any atom is 0.306 e. The molecule has 8 atom stereocenters. The summed E-state index contributed by atoms with van der Waals surface area (Å²) in [6, 6.07) is 0. The third-order valence-corrected chi connectivity index (χ3v) is 9.16. The van der Waals surface area contributed by atoms with E-state index in [0.29, 0.717) is 12.8 Å². The summed E-state index contributed by atoms with van der Waals surface area (Å²) < 4.78 is 5.93. The Morgan fingerprint density at radius 1 is 1.29 bits per heavy atom. The van der Waals surface area contributed by atoms with Gasteiger partial charge in [-0.05, 0) is 49.7 Å². The largest absolute Gasteiger partial charge is 0.450 e. The van der Waals surface area contributed by atoms with E-state index in [0.717, 1.165) is 18.4 Å². The first-order valence-electron chi connectivity index (χ1n) is 11.5. The number of rotatable bonds is 4. The summed E-state index contributed by atoms with van der Waals surface area (Å²) in [4.78, 5) is 37.6. The van der Waals surface area contributed by atoms with Crippen molar-refractivity contribution in [2.75, 3.05) is 6.61 Å². The number of esters is 1. The van der Waals surface area contributed by atoms with Gasteiger partial charge in [0.15, 0.2) is 11.4 Å². The summed E-state index contributed by atoms with van der Waals surface area (Å²) in [5, 5.41) is 21.3. The highest BCUT2D eigenvalue weighted by Gasteiger charge is 2.72. The van der Waals surface area contributed by atoms with Gasteiger partial charge < -0.3 is 14.9 Å². The molecule has 6 heteroatoms. The van der Waals surface area contributed by atoms with Crippen LogP contribution in [-0.2, 0) is 19.1 Å². The van der Waals surface area contributed by atoms with Gasteiger partial charge >= 0.3 is 5.97 Å². The lowest BCUT2D eigenvalue weighted by Crippen LogP contribution is -2.64. The van der Waals surface area contributed by atoms with E-state index in [2.05, 4.69) is 6.92 Å². The van der Waals surface area contributed by atoms with E-state index < -0.39 is 40.9 Å². The highest BCUT2D eigenvalue weighted by Crippen LogP contribution is 2.69. The van der Waals surface area contributed by atoms with Gasteiger partial charge in [-0.25, -0.2) is 0 Å². The predicted molar refractivity (Wildman–Crippen MR) is 114 cm³/mol. The van der Waals surface area contributed by atoms with Crippen LogP contribution in [0, 0.1) is 34.5 Å². The first-order valence-corrected chi connectivity index (χ1v) is 11.5. The standard InChI is InChI=1S/C25H34O6/c1-5-21(30)31-25(20(29)13-26)14(2)10-18-17-7-6-15-11-16(27)8-9-23(15,3)22(17)19(28)12-24(18,25)4/h8-9,11,14,17-19,22,26,28H,5-7,10,12-13H2,1-4H3/t14-,17-,18-,19-,22+,23-,24-,25+/m0/s1. The second-order valence-electron chi connectivity index (χ2n) is 10.5. The summed E-state index contributed by atoms with van der Waals surface area (Å²) in [6.07, 6.45) is 7.32. The molecule has 4 aliphatic rings. The van der Waals surface area contributed by atoms with Crippen molar-refractivity contribution in [3.63, 3.8) is 0 Å². The predicted octanol–water partition coefficient (Wildman–Crippen LogP) is 2.76. The van der Waals surface area contributed by atoms with Gasteiger partial charge in [-0.2, -0.15) is 0 Å². The molecule has 0 unspecified atom stereocenters. The van der Waals surface area contributed by atoms with Crippen molar-refractivity contribution in [2.24, 2.45) is 34.5 Å². The van der Waals surface area contributed by atoms with E-state index in [9.17, 15) is 24.6 Å². The first-order chi connectivity index (χ1) is 14.5. The molecule has 0 aromatic carbocycles. The first kappa shape index (κ1) is 22.4. The number of aliphatic hydroxyl groups excluding tert-OH is 2. The number of ether oxygens (including phenoxy) is 1. The van der Waals surface area contributed by atoms with Crippen LogP contribution in [0.25, 0.3) is 0 Å². The molecular weight excluding hydrogens is 396 g/mol. The molecule has 0 saturated heterocycles. The fourth-order valence-electron chi connectivity index (χ4n) is 7.88. The Morgan fingerprint density at radius 3 is 2.65 bits per heavy atom. The van der Waals surface area contributed by atoms with Crippen LogP contribution in [0.4, 0.5) is 0 Å². The molecule has 2 N–H and O–H groups in total. The van der Waals surface area contributed by atoms with Crippen LogP contribution in [-0.4, -0.2) is 46.1 Å². The van der Waals surface area contributed by atoms with Crippen molar-refractivity contribution in [3.05, 3.63) is 23.8 Å². The molecule has 3 saturated carbocycles. The summed E-state index contributed by atoms with van der Waals surface area (Å²) in [7, 11) is 0. The van der Waals surface area contributed by atoms with Gasteiger partial charge in [0.2, 0.25) is 5.78 Å². The number of carbonyl (C=O) groups excluding carboxylic acids is 3. The number of aliphatic hydroxyl groups is 2. The summed E-state index contributed by atoms with van der Waals surface area (Å²) in [5.74, 6) is -1.05. The SMILES string of the molecule is CCC(=O)O[C@@]1(C(=O)CO)[C@@H](C)C[C@H]2[C@@H]3CCC4=CC(=O)C=C[C@]4(C)[C@H]3[C@@H](O)C[C@@]21C. The molecule has 0 radical (unpaired) electrons. The van der Waals surface area contributed by atoms with E-state index in [1.165, 1.54) is 0 Å². The molecule has 4 rings (SSSR count). The van der Waals surface area contributed by atoms with Crippen LogP contribution in [0.3, 0.4) is 0 Å². The van der Waals surface area contributed by atoms with Gasteiger partial charge in [0.25, 0.3) is 0 Å². The van der Waals surface area contributed by atoms with E-state index >= 15 is 0 Å². The minimum Gasteiger partial charge on any atom is -0.450 e. The third-order valence-electron chi connectivity index (χ3n) is 9.16. The molecule has 0 aliphatic heterocycles. The van der Waals surface area contributed by atoms with Crippen molar-refractivity contribution in [2.45, 2.75) is 71.5 Å². The van der Waals surface area contributed by atoms with Gasteiger partial charge in [-0.1, -0.05) is 39.3 Å². The Hall–Kier alpha value is -1.79. The molecule has 4 aliphatic carbocycles. The quantitative estimate of drug-likeness (QED) is 0.665. The maximum absolute atomic E-state index is 13.2. The monoisotopic (exact) mass is 430 g/mol. The Labute approximate surface area is 183 Å². The zero-order chi connectivity index (χ0) is 22.8. The van der Waals surface area contributed by atoms with Gasteiger partial charge in [-0.3, -0.25) is 14.4 Å². The van der Waals surface area contributed by atoms with Gasteiger partial charge in [0.1, 0.15) is 6.61 Å². The van der Waals surface area contributed by atoms with Gasteiger partial charge in [-0.15, -0.1) is 0 Å². The van der Waals surface area contributed by atoms with Crippen LogP contribution in [0.2, 0.25) is 0 Å². The van der Waals surface area contributed by atoms with Crippen LogP contribution in [0.5, 0.6) is 0 Å². The molecule has 0 heterocycles. The number of allylic oxidation sites excluding steroid dienone is 4. The molecule has 3 fully saturated rings. The Balaban J connectivity index is 1.80. The molecular formula is C25H34O6. The number of hydrogen-bond donors (Lipinski definition) is 2. The van der Waals surface area contributed by atoms with E-state index in [1.807, 2.05) is 19.9 Å². The lowest BCUT2D eigenvalue weighted by molar-refractivity contribution is -0.205. The second-order valence-corrected chi connectivity index (χ2v) is 10.5. The highest BCUT2D eigenvalue weighted by atomic mass is 16.6. The molecule has 6 nitrogen and oxygen atoms in total. The minimum atomic E-state index is -1.43. The highest BCUT2D eigenvalue weighted by molar-refractivity contribution is 6.01. The molecule has 0 aromatic heterocycles. The van der Waals surface area contributed by atoms with Gasteiger partial charge in [0, 0.05) is 29.1 Å². The zero-order valence-corrected chi connectivity index (χ0v) is 18.9. The topological polar surface area (TPSA) is 101 Å². The van der Waals surface area contributed by atoms with Crippen molar-refractivity contribution in [1.82, 2.24) is 0 Å². The van der Waals surface area contributed by atoms with Crippen LogP contribution in [0.15, 0.2) is 23.8 Å². The number of hydrogen-bond acceptors (Lipinski definition) is 6. The van der Waals surface area contributed by atoms with Crippen molar-refractivity contribution in [3.8, 4) is 0 Å². The fraction of sp³-hybridized carbons (Fsp3) is 0.720. The van der Waals surface area contributed by atoms with E-state index in [4.69, 9.17) is 4.74 Å². The van der Waals surface area contributed by atoms with Crippen LogP contribution >= 0.6 is 0 Å². The average molecular weight is 431 g/mol. The summed E-state index contributed by atoms with van der Waals surface area (Å²) in [5.41, 5.74) is -1.51. The Kier molecular flexibility index (Phi) is 5.33. The Bertz CT molecular complexity index is 873. The number of carbonyl (C=O) groups is 3. The third kappa shape index (κ3) is 2.87. The second kappa shape index (κ2) is 7.38. The molecule has 0 amide bonds. The fourth-order valence-corrected chi connectivity index (χ4v) is 7.88. The molecule has 0 bridgehead atoms. The zero-order valence-electron chi connectivity index (χ0n) is 18.9. The van der Waals surface area contributed by atoms with Crippen LogP contribution < -0.4 is 0 Å². The number of Topliss-reactive ketones (excluding diaryl/α,β-unsaturated/α-hetero) is 1. The number of ketones is 2.